The number of para-hydroxylation sites is 1. The van der Waals surface area contributed by atoms with Gasteiger partial charge in [-0.05, 0) is 61.1 Å². The number of rotatable bonds is 5. The van der Waals surface area contributed by atoms with E-state index in [0.29, 0.717) is 10.9 Å². The summed E-state index contributed by atoms with van der Waals surface area (Å²) in [5.41, 5.74) is 2.17. The van der Waals surface area contributed by atoms with Crippen molar-refractivity contribution in [1.29, 1.82) is 0 Å². The van der Waals surface area contributed by atoms with E-state index >= 15 is 0 Å². The molecule has 0 fully saturated rings. The van der Waals surface area contributed by atoms with E-state index in [1.807, 2.05) is 13.8 Å². The quantitative estimate of drug-likeness (QED) is 0.530. The third kappa shape index (κ3) is 3.13. The molecule has 0 amide bonds. The van der Waals surface area contributed by atoms with Crippen molar-refractivity contribution in [3.05, 3.63) is 74.1 Å². The molecule has 4 aromatic rings. The largest absolute Gasteiger partial charge is 0.480 e. The molecule has 2 heterocycles. The van der Waals surface area contributed by atoms with E-state index in [9.17, 15) is 19.5 Å². The molecular formula is C22H21N3O4S. The topological polar surface area (TPSA) is 94.2 Å². The van der Waals surface area contributed by atoms with Gasteiger partial charge in [0.1, 0.15) is 6.04 Å². The Hall–Kier alpha value is -3.26. The van der Waals surface area contributed by atoms with E-state index in [0.717, 1.165) is 31.5 Å². The second-order valence-corrected chi connectivity index (χ2v) is 8.21. The fourth-order valence-electron chi connectivity index (χ4n) is 4.01. The predicted octanol–water partition coefficient (Wildman–Crippen LogP) is 3.47. The summed E-state index contributed by atoms with van der Waals surface area (Å²) in [7, 11) is 0. The van der Waals surface area contributed by atoms with Crippen molar-refractivity contribution < 1.29 is 9.90 Å². The lowest BCUT2D eigenvalue weighted by molar-refractivity contribution is -0.141. The van der Waals surface area contributed by atoms with Crippen LogP contribution in [0, 0.1) is 13.8 Å². The van der Waals surface area contributed by atoms with Gasteiger partial charge in [0.2, 0.25) is 0 Å². The van der Waals surface area contributed by atoms with Gasteiger partial charge in [0.15, 0.2) is 0 Å². The fourth-order valence-corrected chi connectivity index (χ4v) is 4.98. The van der Waals surface area contributed by atoms with Gasteiger partial charge in [0.05, 0.1) is 27.8 Å². The van der Waals surface area contributed by atoms with Crippen molar-refractivity contribution in [2.24, 2.45) is 0 Å². The van der Waals surface area contributed by atoms with Gasteiger partial charge in [-0.3, -0.25) is 9.36 Å². The van der Waals surface area contributed by atoms with Crippen LogP contribution in [-0.4, -0.2) is 24.6 Å². The number of carboxylic acid groups (broad SMARTS) is 1. The van der Waals surface area contributed by atoms with Crippen LogP contribution in [0.4, 0.5) is 0 Å². The average Bonchev–Trinajstić information content (AvgIpc) is 3.10. The molecule has 0 unspecified atom stereocenters. The van der Waals surface area contributed by atoms with E-state index < -0.39 is 23.3 Å². The van der Waals surface area contributed by atoms with Gasteiger partial charge in [-0.25, -0.2) is 14.2 Å². The molecule has 0 saturated heterocycles. The van der Waals surface area contributed by atoms with Gasteiger partial charge >= 0.3 is 11.7 Å². The second-order valence-electron chi connectivity index (χ2n) is 7.41. The summed E-state index contributed by atoms with van der Waals surface area (Å²) in [5.74, 6) is -1.20. The first kappa shape index (κ1) is 20.0. The Kier molecular flexibility index (Phi) is 5.03. The van der Waals surface area contributed by atoms with Crippen LogP contribution in [0.15, 0.2) is 46.0 Å². The Balaban J connectivity index is 2.01. The molecule has 154 valence electrons. The van der Waals surface area contributed by atoms with Gasteiger partial charge in [-0.2, -0.15) is 4.37 Å². The van der Waals surface area contributed by atoms with Gasteiger partial charge in [-0.15, -0.1) is 0 Å². The lowest BCUT2D eigenvalue weighted by Gasteiger charge is -2.17. The minimum atomic E-state index is -1.22. The minimum Gasteiger partial charge on any atom is -0.480 e. The molecule has 0 saturated carbocycles. The molecule has 4 rings (SSSR count). The maximum atomic E-state index is 13.3. The van der Waals surface area contributed by atoms with Crippen LogP contribution in [0.25, 0.3) is 21.0 Å². The number of aliphatic carboxylic acids is 1. The van der Waals surface area contributed by atoms with Crippen LogP contribution < -0.4 is 11.2 Å². The van der Waals surface area contributed by atoms with Crippen molar-refractivity contribution >= 4 is 38.5 Å². The molecule has 0 aliphatic carbocycles. The molecule has 0 bridgehead atoms. The lowest BCUT2D eigenvalue weighted by atomic mass is 10.1. The number of aryl methyl sites for hydroxylation is 2. The molecule has 2 aromatic heterocycles. The van der Waals surface area contributed by atoms with E-state index in [4.69, 9.17) is 0 Å². The molecule has 0 aliphatic heterocycles. The number of hydrogen-bond acceptors (Lipinski definition) is 5. The summed E-state index contributed by atoms with van der Waals surface area (Å²) in [6, 6.07) is 9.68. The first-order valence-electron chi connectivity index (χ1n) is 9.65. The second kappa shape index (κ2) is 7.53. The standard InChI is InChI=1S/C22H21N3O4S/c1-4-16(21(27)28)25-20(26)14-7-5-6-8-17(14)24(22(25)29)11-15-19-13(3)9-12(2)10-18(19)30-23-15/h5-10,16H,4,11H2,1-3H3,(H,27,28)/t16-/m0/s1. The first-order valence-corrected chi connectivity index (χ1v) is 10.4. The highest BCUT2D eigenvalue weighted by atomic mass is 32.1. The third-order valence-electron chi connectivity index (χ3n) is 5.36. The number of carbonyl (C=O) groups is 1. The number of benzene rings is 2. The first-order chi connectivity index (χ1) is 14.3. The van der Waals surface area contributed by atoms with Crippen molar-refractivity contribution in [3.8, 4) is 0 Å². The maximum Gasteiger partial charge on any atom is 0.332 e. The number of nitrogens with zero attached hydrogens (tertiary/aromatic N) is 3. The Morgan fingerprint density at radius 3 is 2.63 bits per heavy atom. The third-order valence-corrected chi connectivity index (χ3v) is 6.19. The minimum absolute atomic E-state index is 0.126. The molecule has 1 atom stereocenters. The van der Waals surface area contributed by atoms with Crippen LogP contribution >= 0.6 is 11.5 Å². The SMILES string of the molecule is CC[C@@H](C(=O)O)n1c(=O)c2ccccc2n(Cc2nsc3cc(C)cc(C)c23)c1=O. The van der Waals surface area contributed by atoms with E-state index in [1.165, 1.54) is 16.1 Å². The van der Waals surface area contributed by atoms with Gasteiger partial charge in [0, 0.05) is 5.39 Å². The summed E-state index contributed by atoms with van der Waals surface area (Å²) in [5, 5.41) is 10.9. The molecule has 8 heteroatoms. The van der Waals surface area contributed by atoms with Crippen LogP contribution in [0.3, 0.4) is 0 Å². The van der Waals surface area contributed by atoms with Gasteiger partial charge in [-0.1, -0.05) is 25.1 Å². The number of aromatic nitrogens is 3. The number of carboxylic acids is 1. The zero-order valence-corrected chi connectivity index (χ0v) is 17.7. The Labute approximate surface area is 176 Å². The summed E-state index contributed by atoms with van der Waals surface area (Å²) in [6.45, 7) is 5.83. The highest BCUT2D eigenvalue weighted by Crippen LogP contribution is 2.28. The monoisotopic (exact) mass is 423 g/mol. The van der Waals surface area contributed by atoms with Crippen molar-refractivity contribution in [2.45, 2.75) is 39.8 Å². The molecule has 0 spiro atoms. The van der Waals surface area contributed by atoms with Crippen molar-refractivity contribution in [1.82, 2.24) is 13.5 Å². The lowest BCUT2D eigenvalue weighted by Crippen LogP contribution is -2.44. The summed E-state index contributed by atoms with van der Waals surface area (Å²) in [6.07, 6.45) is 0.126. The summed E-state index contributed by atoms with van der Waals surface area (Å²) < 4.78 is 7.92. The van der Waals surface area contributed by atoms with Crippen molar-refractivity contribution in [3.63, 3.8) is 0 Å². The van der Waals surface area contributed by atoms with Gasteiger partial charge < -0.3 is 5.11 Å². The predicted molar refractivity (Wildman–Crippen MR) is 118 cm³/mol. The highest BCUT2D eigenvalue weighted by molar-refractivity contribution is 7.13. The highest BCUT2D eigenvalue weighted by Gasteiger charge is 2.25. The van der Waals surface area contributed by atoms with Crippen LogP contribution in [0.1, 0.15) is 36.2 Å². The molecule has 7 nitrogen and oxygen atoms in total. The number of hydrogen-bond donors (Lipinski definition) is 1. The number of fused-ring (bicyclic) bond motifs is 2. The fraction of sp³-hybridized carbons (Fsp3) is 0.273. The van der Waals surface area contributed by atoms with Crippen LogP contribution in [-0.2, 0) is 11.3 Å². The molecule has 30 heavy (non-hydrogen) atoms. The Morgan fingerprint density at radius 2 is 1.93 bits per heavy atom. The molecule has 0 radical (unpaired) electrons. The normalized spacial score (nSPS) is 12.5. The van der Waals surface area contributed by atoms with Crippen LogP contribution in [0.5, 0.6) is 0 Å². The van der Waals surface area contributed by atoms with Gasteiger partial charge in [0.25, 0.3) is 5.56 Å². The smallest absolute Gasteiger partial charge is 0.332 e. The van der Waals surface area contributed by atoms with Crippen molar-refractivity contribution in [2.75, 3.05) is 0 Å². The maximum absolute atomic E-state index is 13.3. The summed E-state index contributed by atoms with van der Waals surface area (Å²) in [4.78, 5) is 38.1. The molecule has 1 N–H and O–H groups in total. The van der Waals surface area contributed by atoms with E-state index in [2.05, 4.69) is 16.5 Å². The average molecular weight is 423 g/mol. The molecular weight excluding hydrogens is 402 g/mol. The van der Waals surface area contributed by atoms with E-state index in [1.54, 1.807) is 31.2 Å². The van der Waals surface area contributed by atoms with Crippen LogP contribution in [0.2, 0.25) is 0 Å². The zero-order chi connectivity index (χ0) is 21.6. The molecule has 0 aliphatic rings. The zero-order valence-electron chi connectivity index (χ0n) is 16.9. The van der Waals surface area contributed by atoms with E-state index in [-0.39, 0.29) is 13.0 Å². The summed E-state index contributed by atoms with van der Waals surface area (Å²) >= 11 is 1.37. The molecule has 2 aromatic carbocycles. The Bertz CT molecular complexity index is 1410. The Morgan fingerprint density at radius 1 is 1.20 bits per heavy atom.